The van der Waals surface area contributed by atoms with Gasteiger partial charge in [-0.05, 0) is 0 Å². The largest absolute Gasteiger partial charge is 0.391 e. The minimum absolute atomic E-state index is 0.127. The lowest BCUT2D eigenvalue weighted by atomic mass is 10.3. The first kappa shape index (κ1) is 12.9. The molecule has 0 unspecified atom stereocenters. The molecule has 0 aliphatic carbocycles. The molecule has 20 heavy (non-hydrogen) atoms. The fourth-order valence-corrected chi connectivity index (χ4v) is 2.09. The topological polar surface area (TPSA) is 92.5 Å². The van der Waals surface area contributed by atoms with Crippen molar-refractivity contribution < 1.29 is 13.9 Å². The van der Waals surface area contributed by atoms with Gasteiger partial charge in [-0.25, -0.2) is 28.4 Å². The van der Waals surface area contributed by atoms with E-state index in [1.807, 2.05) is 0 Å². The Balaban J connectivity index is 2.27. The number of hydrogen-bond donors (Lipinski definition) is 2. The summed E-state index contributed by atoms with van der Waals surface area (Å²) in [7, 11) is 0. The maximum atomic E-state index is 12.9. The van der Waals surface area contributed by atoms with E-state index in [0.29, 0.717) is 11.2 Å². The maximum absolute atomic E-state index is 12.9. The van der Waals surface area contributed by atoms with Gasteiger partial charge < -0.3 is 10.1 Å². The van der Waals surface area contributed by atoms with Crippen molar-refractivity contribution in [3.63, 3.8) is 0 Å². The molecule has 0 aromatic carbocycles. The first-order valence-corrected chi connectivity index (χ1v) is 5.82. The molecule has 3 aromatic rings. The molecule has 0 atom stereocenters. The Morgan fingerprint density at radius 2 is 2.15 bits per heavy atom. The average molecular weight is 301 g/mol. The van der Waals surface area contributed by atoms with E-state index in [-0.39, 0.29) is 16.5 Å². The predicted octanol–water partition coefficient (Wildman–Crippen LogP) is 1.62. The Labute approximate surface area is 115 Å². The van der Waals surface area contributed by atoms with Crippen LogP contribution in [-0.2, 0) is 6.61 Å². The number of fused-ring (bicyclic) bond motifs is 1. The number of aromatic amines is 1. The van der Waals surface area contributed by atoms with Crippen LogP contribution in [0.25, 0.3) is 17.0 Å². The van der Waals surface area contributed by atoms with Gasteiger partial charge in [-0.3, -0.25) is 0 Å². The fraction of sp³-hybridized carbons (Fsp3) is 0.200. The first-order valence-electron chi connectivity index (χ1n) is 5.44. The van der Waals surface area contributed by atoms with Crippen molar-refractivity contribution in [2.45, 2.75) is 13.0 Å². The van der Waals surface area contributed by atoms with Gasteiger partial charge >= 0.3 is 0 Å². The molecule has 104 valence electrons. The number of aliphatic hydroxyl groups is 1. The molecular formula is C10H7ClF2N6O. The summed E-state index contributed by atoms with van der Waals surface area (Å²) < 4.78 is 26.8. The van der Waals surface area contributed by atoms with Crippen LogP contribution in [-0.4, -0.2) is 34.8 Å². The van der Waals surface area contributed by atoms with E-state index in [9.17, 15) is 8.78 Å². The van der Waals surface area contributed by atoms with E-state index in [0.717, 1.165) is 4.68 Å². The van der Waals surface area contributed by atoms with E-state index in [4.69, 9.17) is 16.7 Å². The summed E-state index contributed by atoms with van der Waals surface area (Å²) in [4.78, 5) is 14.6. The highest BCUT2D eigenvalue weighted by molar-refractivity contribution is 6.30. The van der Waals surface area contributed by atoms with Gasteiger partial charge in [-0.15, -0.1) is 0 Å². The normalized spacial score (nSPS) is 11.7. The monoisotopic (exact) mass is 300 g/mol. The van der Waals surface area contributed by atoms with Crippen LogP contribution in [0.3, 0.4) is 0 Å². The van der Waals surface area contributed by atoms with Crippen molar-refractivity contribution in [1.82, 2.24) is 29.7 Å². The third-order valence-electron chi connectivity index (χ3n) is 2.72. The molecule has 0 saturated carbocycles. The van der Waals surface area contributed by atoms with Crippen molar-refractivity contribution in [1.29, 1.82) is 0 Å². The molecule has 2 N–H and O–H groups in total. The average Bonchev–Trinajstić information content (AvgIpc) is 3.02. The van der Waals surface area contributed by atoms with Gasteiger partial charge in [-0.2, -0.15) is 5.10 Å². The van der Waals surface area contributed by atoms with E-state index >= 15 is 0 Å². The van der Waals surface area contributed by atoms with Crippen molar-refractivity contribution in [3.8, 4) is 5.82 Å². The summed E-state index contributed by atoms with van der Waals surface area (Å²) in [6.45, 7) is -0.643. The zero-order valence-corrected chi connectivity index (χ0v) is 10.5. The number of rotatable bonds is 3. The molecule has 0 bridgehead atoms. The number of imidazole rings is 1. The Morgan fingerprint density at radius 1 is 1.35 bits per heavy atom. The number of H-pyrrole nitrogens is 1. The molecule has 0 aliphatic rings. The standard InChI is InChI=1S/C10H7ClF2N6O/c11-7-4(1-20)5(8(12)13)18-19(7)10-6-9(15-2-14-6)16-3-17-10/h2-3,8,20H,1H2,(H,14,15,16,17). The van der Waals surface area contributed by atoms with Crippen LogP contribution in [0.1, 0.15) is 17.7 Å². The van der Waals surface area contributed by atoms with Crippen molar-refractivity contribution >= 4 is 22.8 Å². The van der Waals surface area contributed by atoms with E-state index in [1.165, 1.54) is 12.7 Å². The smallest absolute Gasteiger partial charge is 0.282 e. The second kappa shape index (κ2) is 4.76. The molecule has 0 radical (unpaired) electrons. The highest BCUT2D eigenvalue weighted by Gasteiger charge is 2.24. The molecule has 3 aromatic heterocycles. The van der Waals surface area contributed by atoms with Gasteiger partial charge in [0, 0.05) is 5.56 Å². The summed E-state index contributed by atoms with van der Waals surface area (Å²) in [5, 5.41) is 12.7. The number of aromatic nitrogens is 6. The minimum Gasteiger partial charge on any atom is -0.391 e. The van der Waals surface area contributed by atoms with Crippen LogP contribution >= 0.6 is 11.6 Å². The quantitative estimate of drug-likeness (QED) is 0.767. The SMILES string of the molecule is OCc1c(C(F)F)nn(-c2ncnc3nc[nH]c23)c1Cl. The minimum atomic E-state index is -2.85. The summed E-state index contributed by atoms with van der Waals surface area (Å²) in [6, 6.07) is 0. The number of alkyl halides is 2. The van der Waals surface area contributed by atoms with Crippen molar-refractivity contribution in [2.75, 3.05) is 0 Å². The van der Waals surface area contributed by atoms with E-state index < -0.39 is 18.7 Å². The molecule has 3 rings (SSSR count). The summed E-state index contributed by atoms with van der Waals surface area (Å²) in [5.41, 5.74) is 0.0460. The van der Waals surface area contributed by atoms with Gasteiger partial charge in [0.05, 0.1) is 12.9 Å². The Morgan fingerprint density at radius 3 is 2.80 bits per heavy atom. The summed E-state index contributed by atoms with van der Waals surface area (Å²) in [6.07, 6.45) is -0.242. The molecule has 3 heterocycles. The third kappa shape index (κ3) is 1.82. The third-order valence-corrected chi connectivity index (χ3v) is 3.11. The van der Waals surface area contributed by atoms with Gasteiger partial charge in [-0.1, -0.05) is 11.6 Å². The second-order valence-electron chi connectivity index (χ2n) is 3.82. The number of halogens is 3. The lowest BCUT2D eigenvalue weighted by molar-refractivity contribution is 0.141. The van der Waals surface area contributed by atoms with Crippen LogP contribution in [0.4, 0.5) is 8.78 Å². The molecule has 0 aliphatic heterocycles. The Kier molecular flexibility index (Phi) is 3.07. The maximum Gasteiger partial charge on any atom is 0.282 e. The lowest BCUT2D eigenvalue weighted by Crippen LogP contribution is -2.02. The number of nitrogens with one attached hydrogen (secondary N) is 1. The Hall–Kier alpha value is -2.13. The molecule has 0 amide bonds. The van der Waals surface area contributed by atoms with Crippen LogP contribution < -0.4 is 0 Å². The number of hydrogen-bond acceptors (Lipinski definition) is 5. The van der Waals surface area contributed by atoms with Crippen molar-refractivity contribution in [3.05, 3.63) is 29.1 Å². The molecule has 7 nitrogen and oxygen atoms in total. The van der Waals surface area contributed by atoms with Crippen LogP contribution in [0.2, 0.25) is 5.15 Å². The highest BCUT2D eigenvalue weighted by atomic mass is 35.5. The summed E-state index contributed by atoms with van der Waals surface area (Å²) >= 11 is 5.99. The Bertz CT molecular complexity index is 770. The highest BCUT2D eigenvalue weighted by Crippen LogP contribution is 2.30. The van der Waals surface area contributed by atoms with E-state index in [2.05, 4.69) is 25.0 Å². The molecular weight excluding hydrogens is 294 g/mol. The van der Waals surface area contributed by atoms with Gasteiger partial charge in [0.2, 0.25) is 0 Å². The molecule has 0 saturated heterocycles. The van der Waals surface area contributed by atoms with Gasteiger partial charge in [0.25, 0.3) is 6.43 Å². The van der Waals surface area contributed by atoms with Crippen LogP contribution in [0, 0.1) is 0 Å². The zero-order chi connectivity index (χ0) is 14.3. The number of aliphatic hydroxyl groups excluding tert-OH is 1. The molecule has 0 fully saturated rings. The number of nitrogens with zero attached hydrogens (tertiary/aromatic N) is 5. The van der Waals surface area contributed by atoms with E-state index in [1.54, 1.807) is 0 Å². The van der Waals surface area contributed by atoms with Crippen LogP contribution in [0.15, 0.2) is 12.7 Å². The van der Waals surface area contributed by atoms with Gasteiger partial charge in [0.15, 0.2) is 11.5 Å². The summed E-state index contributed by atoms with van der Waals surface area (Å²) in [5.74, 6) is 0.180. The lowest BCUT2D eigenvalue weighted by Gasteiger charge is -2.02. The first-order chi connectivity index (χ1) is 9.63. The molecule has 0 spiro atoms. The van der Waals surface area contributed by atoms with Gasteiger partial charge in [0.1, 0.15) is 22.7 Å². The van der Waals surface area contributed by atoms with Crippen LogP contribution in [0.5, 0.6) is 0 Å². The zero-order valence-electron chi connectivity index (χ0n) is 9.76. The fourth-order valence-electron chi connectivity index (χ4n) is 1.82. The second-order valence-corrected chi connectivity index (χ2v) is 4.18. The predicted molar refractivity (Wildman–Crippen MR) is 64.7 cm³/mol. The molecule has 10 heteroatoms. The van der Waals surface area contributed by atoms with Crippen molar-refractivity contribution in [2.24, 2.45) is 0 Å².